The minimum absolute atomic E-state index is 0.0504. The first-order valence-electron chi connectivity index (χ1n) is 5.53. The van der Waals surface area contributed by atoms with Gasteiger partial charge in [0.15, 0.2) is 0 Å². The number of nitrogens with one attached hydrogen (secondary N) is 1. The second kappa shape index (κ2) is 7.11. The zero-order valence-electron chi connectivity index (χ0n) is 10.3. The monoisotopic (exact) mass is 378 g/mol. The summed E-state index contributed by atoms with van der Waals surface area (Å²) in [7, 11) is 1.58. The van der Waals surface area contributed by atoms with Crippen LogP contribution in [0, 0.1) is 5.92 Å². The molecule has 3 N–H and O–H groups in total. The van der Waals surface area contributed by atoms with Crippen LogP contribution >= 0.6 is 31.9 Å². The Morgan fingerprint density at radius 2 is 2.11 bits per heavy atom. The standard InChI is InChI=1S/C12H16Br2N2O2/c1-7(3-4-15)12(17)16-10-6-11(18-2)9(14)5-8(10)13/h5-7H,3-4,15H2,1-2H3,(H,16,17). The maximum Gasteiger partial charge on any atom is 0.227 e. The molecule has 0 heterocycles. The van der Waals surface area contributed by atoms with Gasteiger partial charge in [-0.25, -0.2) is 0 Å². The van der Waals surface area contributed by atoms with Crippen molar-refractivity contribution < 1.29 is 9.53 Å². The van der Waals surface area contributed by atoms with Crippen molar-refractivity contribution in [2.75, 3.05) is 19.0 Å². The molecule has 0 saturated carbocycles. The van der Waals surface area contributed by atoms with Crippen molar-refractivity contribution in [1.82, 2.24) is 0 Å². The van der Waals surface area contributed by atoms with Crippen molar-refractivity contribution in [2.24, 2.45) is 11.7 Å². The lowest BCUT2D eigenvalue weighted by molar-refractivity contribution is -0.119. The van der Waals surface area contributed by atoms with Gasteiger partial charge < -0.3 is 15.8 Å². The van der Waals surface area contributed by atoms with Crippen LogP contribution in [0.5, 0.6) is 5.75 Å². The SMILES string of the molecule is COc1cc(NC(=O)C(C)CCN)c(Br)cc1Br. The van der Waals surface area contributed by atoms with Crippen LogP contribution in [0.25, 0.3) is 0 Å². The van der Waals surface area contributed by atoms with E-state index in [0.717, 1.165) is 8.95 Å². The number of ether oxygens (including phenoxy) is 1. The van der Waals surface area contributed by atoms with Gasteiger partial charge in [-0.2, -0.15) is 0 Å². The maximum absolute atomic E-state index is 11.9. The molecular weight excluding hydrogens is 364 g/mol. The van der Waals surface area contributed by atoms with Crippen LogP contribution in [0.2, 0.25) is 0 Å². The van der Waals surface area contributed by atoms with Crippen molar-refractivity contribution in [3.8, 4) is 5.75 Å². The maximum atomic E-state index is 11.9. The van der Waals surface area contributed by atoms with Crippen LogP contribution in [-0.2, 0) is 4.79 Å². The number of methoxy groups -OCH3 is 1. The predicted octanol–water partition coefficient (Wildman–Crippen LogP) is 3.14. The van der Waals surface area contributed by atoms with Crippen LogP contribution in [0.4, 0.5) is 5.69 Å². The Kier molecular flexibility index (Phi) is 6.11. The molecule has 4 nitrogen and oxygen atoms in total. The van der Waals surface area contributed by atoms with Crippen LogP contribution in [0.1, 0.15) is 13.3 Å². The third kappa shape index (κ3) is 3.96. The summed E-state index contributed by atoms with van der Waals surface area (Å²) < 4.78 is 6.81. The lowest BCUT2D eigenvalue weighted by Gasteiger charge is -2.14. The van der Waals surface area contributed by atoms with E-state index < -0.39 is 0 Å². The second-order valence-corrected chi connectivity index (χ2v) is 5.64. The molecule has 0 aliphatic heterocycles. The molecule has 1 aromatic rings. The number of hydrogen-bond donors (Lipinski definition) is 2. The molecule has 0 bridgehead atoms. The van der Waals surface area contributed by atoms with Gasteiger partial charge in [-0.05, 0) is 50.9 Å². The number of rotatable bonds is 5. The zero-order valence-corrected chi connectivity index (χ0v) is 13.5. The minimum Gasteiger partial charge on any atom is -0.495 e. The van der Waals surface area contributed by atoms with Crippen molar-refractivity contribution >= 4 is 43.5 Å². The lowest BCUT2D eigenvalue weighted by Crippen LogP contribution is -2.22. The number of hydrogen-bond acceptors (Lipinski definition) is 3. The van der Waals surface area contributed by atoms with Crippen LogP contribution < -0.4 is 15.8 Å². The molecule has 1 rings (SSSR count). The van der Waals surface area contributed by atoms with Gasteiger partial charge in [0.2, 0.25) is 5.91 Å². The normalized spacial score (nSPS) is 12.1. The molecule has 1 amide bonds. The first-order valence-corrected chi connectivity index (χ1v) is 7.12. The molecular formula is C12H16Br2N2O2. The third-order valence-electron chi connectivity index (χ3n) is 2.55. The van der Waals surface area contributed by atoms with E-state index in [4.69, 9.17) is 10.5 Å². The number of halogens is 2. The van der Waals surface area contributed by atoms with Gasteiger partial charge in [0.25, 0.3) is 0 Å². The fourth-order valence-electron chi connectivity index (χ4n) is 1.42. The minimum atomic E-state index is -0.114. The first-order chi connectivity index (χ1) is 8.49. The van der Waals surface area contributed by atoms with Gasteiger partial charge in [-0.15, -0.1) is 0 Å². The largest absolute Gasteiger partial charge is 0.495 e. The summed E-state index contributed by atoms with van der Waals surface area (Å²) >= 11 is 6.78. The van der Waals surface area contributed by atoms with Gasteiger partial charge in [0, 0.05) is 16.5 Å². The van der Waals surface area contributed by atoms with Gasteiger partial charge >= 0.3 is 0 Å². The molecule has 1 atom stereocenters. The number of anilines is 1. The van der Waals surface area contributed by atoms with Crippen molar-refractivity contribution in [2.45, 2.75) is 13.3 Å². The van der Waals surface area contributed by atoms with E-state index in [0.29, 0.717) is 24.4 Å². The fraction of sp³-hybridized carbons (Fsp3) is 0.417. The Morgan fingerprint density at radius 3 is 2.67 bits per heavy atom. The highest BCUT2D eigenvalue weighted by atomic mass is 79.9. The summed E-state index contributed by atoms with van der Waals surface area (Å²) in [6.45, 7) is 2.35. The summed E-state index contributed by atoms with van der Waals surface area (Å²) in [6, 6.07) is 3.60. The highest BCUT2D eigenvalue weighted by Gasteiger charge is 2.15. The highest BCUT2D eigenvalue weighted by molar-refractivity contribution is 9.11. The molecule has 0 radical (unpaired) electrons. The molecule has 0 aliphatic rings. The topological polar surface area (TPSA) is 64.3 Å². The van der Waals surface area contributed by atoms with Crippen molar-refractivity contribution in [3.63, 3.8) is 0 Å². The summed E-state index contributed by atoms with van der Waals surface area (Å²) in [5, 5.41) is 2.85. The molecule has 6 heteroatoms. The molecule has 100 valence electrons. The molecule has 0 saturated heterocycles. The van der Waals surface area contributed by atoms with Gasteiger partial charge in [-0.3, -0.25) is 4.79 Å². The smallest absolute Gasteiger partial charge is 0.227 e. The summed E-state index contributed by atoms with van der Waals surface area (Å²) in [6.07, 6.45) is 0.664. The van der Waals surface area contributed by atoms with E-state index in [1.807, 2.05) is 13.0 Å². The lowest BCUT2D eigenvalue weighted by atomic mass is 10.1. The van der Waals surface area contributed by atoms with E-state index in [1.54, 1.807) is 13.2 Å². The van der Waals surface area contributed by atoms with Crippen molar-refractivity contribution in [1.29, 1.82) is 0 Å². The van der Waals surface area contributed by atoms with Crippen LogP contribution in [-0.4, -0.2) is 19.6 Å². The van der Waals surface area contributed by atoms with Crippen LogP contribution in [0.15, 0.2) is 21.1 Å². The Bertz CT molecular complexity index is 438. The second-order valence-electron chi connectivity index (χ2n) is 3.93. The Labute approximate surface area is 124 Å². The number of carbonyl (C=O) groups is 1. The number of nitrogens with two attached hydrogens (primary N) is 1. The molecule has 18 heavy (non-hydrogen) atoms. The Morgan fingerprint density at radius 1 is 1.44 bits per heavy atom. The third-order valence-corrected chi connectivity index (χ3v) is 3.82. The van der Waals surface area contributed by atoms with Gasteiger partial charge in [-0.1, -0.05) is 6.92 Å². The molecule has 0 fully saturated rings. The van der Waals surface area contributed by atoms with E-state index in [1.165, 1.54) is 0 Å². The number of amides is 1. The Balaban J connectivity index is 2.87. The van der Waals surface area contributed by atoms with E-state index >= 15 is 0 Å². The number of benzene rings is 1. The van der Waals surface area contributed by atoms with E-state index in [9.17, 15) is 4.79 Å². The molecule has 0 spiro atoms. The molecule has 1 unspecified atom stereocenters. The van der Waals surface area contributed by atoms with Crippen LogP contribution in [0.3, 0.4) is 0 Å². The first kappa shape index (κ1) is 15.5. The highest BCUT2D eigenvalue weighted by Crippen LogP contribution is 2.34. The average molecular weight is 380 g/mol. The molecule has 0 aromatic heterocycles. The number of carbonyl (C=O) groups excluding carboxylic acids is 1. The fourth-order valence-corrected chi connectivity index (χ4v) is 2.67. The van der Waals surface area contributed by atoms with Gasteiger partial charge in [0.05, 0.1) is 17.3 Å². The van der Waals surface area contributed by atoms with E-state index in [-0.39, 0.29) is 11.8 Å². The zero-order chi connectivity index (χ0) is 13.7. The Hall–Kier alpha value is -0.590. The van der Waals surface area contributed by atoms with E-state index in [2.05, 4.69) is 37.2 Å². The molecule has 0 aliphatic carbocycles. The predicted molar refractivity (Wildman–Crippen MR) is 79.9 cm³/mol. The van der Waals surface area contributed by atoms with Crippen molar-refractivity contribution in [3.05, 3.63) is 21.1 Å². The average Bonchev–Trinajstić information content (AvgIpc) is 2.32. The summed E-state index contributed by atoms with van der Waals surface area (Å²) in [4.78, 5) is 11.9. The quantitative estimate of drug-likeness (QED) is 0.825. The summed E-state index contributed by atoms with van der Waals surface area (Å²) in [5.74, 6) is 0.502. The van der Waals surface area contributed by atoms with Gasteiger partial charge in [0.1, 0.15) is 5.75 Å². The summed E-state index contributed by atoms with van der Waals surface area (Å²) in [5.41, 5.74) is 6.12. The molecule has 1 aromatic carbocycles.